The maximum atomic E-state index is 11.3. The Kier molecular flexibility index (Phi) is 5.82. The highest BCUT2D eigenvalue weighted by Crippen LogP contribution is 2.16. The minimum Gasteiger partial charge on any atom is -0.356 e. The van der Waals surface area contributed by atoms with Crippen LogP contribution in [0.15, 0.2) is 0 Å². The van der Waals surface area contributed by atoms with Gasteiger partial charge in [0, 0.05) is 13.0 Å². The predicted octanol–water partition coefficient (Wildman–Crippen LogP) is 2.98. The van der Waals surface area contributed by atoms with Gasteiger partial charge in [0.2, 0.25) is 5.91 Å². The Morgan fingerprint density at radius 1 is 1.29 bits per heavy atom. The van der Waals surface area contributed by atoms with Gasteiger partial charge in [0.15, 0.2) is 0 Å². The Morgan fingerprint density at radius 2 is 1.86 bits per heavy atom. The van der Waals surface area contributed by atoms with E-state index in [4.69, 9.17) is 0 Å². The fraction of sp³-hybridized carbons (Fsp3) is 0.917. The minimum absolute atomic E-state index is 0.197. The summed E-state index contributed by atoms with van der Waals surface area (Å²) in [6.45, 7) is 11.7. The molecule has 1 amide bonds. The van der Waals surface area contributed by atoms with Crippen LogP contribution in [-0.4, -0.2) is 12.5 Å². The molecule has 84 valence electrons. The highest BCUT2D eigenvalue weighted by Gasteiger charge is 2.10. The van der Waals surface area contributed by atoms with Crippen LogP contribution >= 0.6 is 0 Å². The van der Waals surface area contributed by atoms with Crippen LogP contribution in [0.4, 0.5) is 0 Å². The van der Waals surface area contributed by atoms with Crippen LogP contribution in [0.3, 0.4) is 0 Å². The van der Waals surface area contributed by atoms with E-state index in [0.717, 1.165) is 19.4 Å². The van der Waals surface area contributed by atoms with E-state index in [0.29, 0.717) is 17.8 Å². The first-order chi connectivity index (χ1) is 6.31. The SMILES string of the molecule is CC(C)CCC(=O)NCCC(C)(C)C. The van der Waals surface area contributed by atoms with Crippen molar-refractivity contribution in [1.82, 2.24) is 5.32 Å². The summed E-state index contributed by atoms with van der Waals surface area (Å²) >= 11 is 0. The topological polar surface area (TPSA) is 29.1 Å². The largest absolute Gasteiger partial charge is 0.356 e. The van der Waals surface area contributed by atoms with E-state index in [9.17, 15) is 4.79 Å². The third kappa shape index (κ3) is 9.56. The lowest BCUT2D eigenvalue weighted by Crippen LogP contribution is -2.27. The van der Waals surface area contributed by atoms with Gasteiger partial charge < -0.3 is 5.32 Å². The minimum atomic E-state index is 0.197. The van der Waals surface area contributed by atoms with Crippen LogP contribution in [0, 0.1) is 11.3 Å². The lowest BCUT2D eigenvalue weighted by Gasteiger charge is -2.18. The number of rotatable bonds is 5. The average molecular weight is 199 g/mol. The molecule has 0 spiro atoms. The second-order valence-corrected chi connectivity index (χ2v) is 5.59. The molecule has 0 aliphatic carbocycles. The zero-order chi connectivity index (χ0) is 11.2. The van der Waals surface area contributed by atoms with E-state index < -0.39 is 0 Å². The molecule has 0 heterocycles. The first-order valence-corrected chi connectivity index (χ1v) is 5.58. The maximum Gasteiger partial charge on any atom is 0.220 e. The molecule has 0 rings (SSSR count). The van der Waals surface area contributed by atoms with Crippen LogP contribution in [0.2, 0.25) is 0 Å². The quantitative estimate of drug-likeness (QED) is 0.724. The van der Waals surface area contributed by atoms with Crippen LogP contribution in [-0.2, 0) is 4.79 Å². The fourth-order valence-corrected chi connectivity index (χ4v) is 1.09. The van der Waals surface area contributed by atoms with Gasteiger partial charge in [-0.1, -0.05) is 34.6 Å². The Bertz CT molecular complexity index is 168. The second kappa shape index (κ2) is 6.05. The molecule has 0 aromatic heterocycles. The van der Waals surface area contributed by atoms with E-state index in [-0.39, 0.29) is 5.91 Å². The predicted molar refractivity (Wildman–Crippen MR) is 61.2 cm³/mol. The first-order valence-electron chi connectivity index (χ1n) is 5.58. The molecule has 0 unspecified atom stereocenters. The summed E-state index contributed by atoms with van der Waals surface area (Å²) in [5.74, 6) is 0.811. The number of hydrogen-bond donors (Lipinski definition) is 1. The van der Waals surface area contributed by atoms with E-state index in [2.05, 4.69) is 39.9 Å². The summed E-state index contributed by atoms with van der Waals surface area (Å²) < 4.78 is 0. The molecule has 0 radical (unpaired) electrons. The van der Waals surface area contributed by atoms with Crippen molar-refractivity contribution in [2.75, 3.05) is 6.54 Å². The Balaban J connectivity index is 3.46. The molecular weight excluding hydrogens is 174 g/mol. The highest BCUT2D eigenvalue weighted by molar-refractivity contribution is 5.75. The maximum absolute atomic E-state index is 11.3. The Hall–Kier alpha value is -0.530. The summed E-state index contributed by atoms with van der Waals surface area (Å²) in [6, 6.07) is 0. The molecule has 0 aromatic carbocycles. The molecule has 0 saturated heterocycles. The zero-order valence-corrected chi connectivity index (χ0v) is 10.3. The van der Waals surface area contributed by atoms with Gasteiger partial charge in [-0.3, -0.25) is 4.79 Å². The van der Waals surface area contributed by atoms with Gasteiger partial charge >= 0.3 is 0 Å². The first kappa shape index (κ1) is 13.5. The third-order valence-corrected chi connectivity index (χ3v) is 2.15. The number of nitrogens with one attached hydrogen (secondary N) is 1. The number of hydrogen-bond acceptors (Lipinski definition) is 1. The highest BCUT2D eigenvalue weighted by atomic mass is 16.1. The molecule has 0 aromatic rings. The molecule has 2 nitrogen and oxygen atoms in total. The van der Waals surface area contributed by atoms with Crippen molar-refractivity contribution in [1.29, 1.82) is 0 Å². The molecule has 0 bridgehead atoms. The van der Waals surface area contributed by atoms with Crippen molar-refractivity contribution in [3.05, 3.63) is 0 Å². The zero-order valence-electron chi connectivity index (χ0n) is 10.3. The van der Waals surface area contributed by atoms with Crippen molar-refractivity contribution in [3.8, 4) is 0 Å². The van der Waals surface area contributed by atoms with Crippen LogP contribution < -0.4 is 5.32 Å². The monoisotopic (exact) mass is 199 g/mol. The van der Waals surface area contributed by atoms with Crippen molar-refractivity contribution in [3.63, 3.8) is 0 Å². The number of carbonyl (C=O) groups is 1. The summed E-state index contributed by atoms with van der Waals surface area (Å²) in [4.78, 5) is 11.3. The smallest absolute Gasteiger partial charge is 0.220 e. The Labute approximate surface area is 88.5 Å². The van der Waals surface area contributed by atoms with Crippen molar-refractivity contribution in [2.45, 2.75) is 53.9 Å². The molecule has 0 aliphatic heterocycles. The van der Waals surface area contributed by atoms with Crippen LogP contribution in [0.25, 0.3) is 0 Å². The van der Waals surface area contributed by atoms with E-state index in [1.165, 1.54) is 0 Å². The lowest BCUT2D eigenvalue weighted by atomic mass is 9.92. The van der Waals surface area contributed by atoms with Gasteiger partial charge in [-0.15, -0.1) is 0 Å². The molecule has 0 atom stereocenters. The molecule has 0 saturated carbocycles. The molecule has 1 N–H and O–H groups in total. The van der Waals surface area contributed by atoms with Gasteiger partial charge in [-0.05, 0) is 24.2 Å². The van der Waals surface area contributed by atoms with Crippen molar-refractivity contribution in [2.24, 2.45) is 11.3 Å². The van der Waals surface area contributed by atoms with Gasteiger partial charge in [-0.25, -0.2) is 0 Å². The molecule has 2 heteroatoms. The average Bonchev–Trinajstić information content (AvgIpc) is 1.98. The molecule has 0 fully saturated rings. The van der Waals surface area contributed by atoms with Crippen LogP contribution in [0.1, 0.15) is 53.9 Å². The number of amides is 1. The standard InChI is InChI=1S/C12H25NO/c1-10(2)6-7-11(14)13-9-8-12(3,4)5/h10H,6-9H2,1-5H3,(H,13,14). The number of carbonyl (C=O) groups excluding carboxylic acids is 1. The van der Waals surface area contributed by atoms with E-state index in [1.807, 2.05) is 0 Å². The Morgan fingerprint density at radius 3 is 2.29 bits per heavy atom. The van der Waals surface area contributed by atoms with Gasteiger partial charge in [0.25, 0.3) is 0 Å². The summed E-state index contributed by atoms with van der Waals surface area (Å²) in [5, 5.41) is 2.96. The van der Waals surface area contributed by atoms with Crippen molar-refractivity contribution >= 4 is 5.91 Å². The fourth-order valence-electron chi connectivity index (χ4n) is 1.09. The summed E-state index contributed by atoms with van der Waals surface area (Å²) in [7, 11) is 0. The summed E-state index contributed by atoms with van der Waals surface area (Å²) in [6.07, 6.45) is 2.70. The lowest BCUT2D eigenvalue weighted by molar-refractivity contribution is -0.121. The van der Waals surface area contributed by atoms with Gasteiger partial charge in [0.05, 0.1) is 0 Å². The van der Waals surface area contributed by atoms with E-state index >= 15 is 0 Å². The molecule has 0 aliphatic rings. The van der Waals surface area contributed by atoms with Crippen LogP contribution in [0.5, 0.6) is 0 Å². The molecular formula is C12H25NO. The van der Waals surface area contributed by atoms with Gasteiger partial charge in [0.1, 0.15) is 0 Å². The third-order valence-electron chi connectivity index (χ3n) is 2.15. The second-order valence-electron chi connectivity index (χ2n) is 5.59. The molecule has 14 heavy (non-hydrogen) atoms. The summed E-state index contributed by atoms with van der Waals surface area (Å²) in [5.41, 5.74) is 0.311. The normalized spacial score (nSPS) is 11.9. The van der Waals surface area contributed by atoms with Gasteiger partial charge in [-0.2, -0.15) is 0 Å². The van der Waals surface area contributed by atoms with Crippen molar-refractivity contribution < 1.29 is 4.79 Å². The van der Waals surface area contributed by atoms with E-state index in [1.54, 1.807) is 0 Å².